The Morgan fingerprint density at radius 1 is 1.33 bits per heavy atom. The van der Waals surface area contributed by atoms with Gasteiger partial charge in [-0.2, -0.15) is 0 Å². The summed E-state index contributed by atoms with van der Waals surface area (Å²) in [5.74, 6) is 1.97. The lowest BCUT2D eigenvalue weighted by atomic mass is 10.2. The first-order valence-electron chi connectivity index (χ1n) is 5.15. The van der Waals surface area contributed by atoms with E-state index in [1.165, 1.54) is 10.4 Å². The van der Waals surface area contributed by atoms with Crippen LogP contribution in [-0.2, 0) is 6.54 Å². The van der Waals surface area contributed by atoms with Gasteiger partial charge in [0, 0.05) is 10.4 Å². The lowest BCUT2D eigenvalue weighted by Gasteiger charge is -1.97. The first kappa shape index (κ1) is 10.5. The minimum absolute atomic E-state index is 0.805. The van der Waals surface area contributed by atoms with Crippen molar-refractivity contribution in [2.75, 3.05) is 6.54 Å². The fraction of sp³-hybridized carbons (Fsp3) is 0.333. The number of furan rings is 1. The minimum atomic E-state index is 0.805. The molecule has 0 aliphatic carbocycles. The quantitative estimate of drug-likeness (QED) is 0.855. The first-order chi connectivity index (χ1) is 7.31. The molecule has 1 N–H and O–H groups in total. The molecule has 0 unspecified atom stereocenters. The summed E-state index contributed by atoms with van der Waals surface area (Å²) in [4.78, 5) is 1.30. The molecule has 0 fully saturated rings. The van der Waals surface area contributed by atoms with Crippen molar-refractivity contribution in [3.05, 3.63) is 34.2 Å². The van der Waals surface area contributed by atoms with Crippen molar-refractivity contribution in [3.8, 4) is 11.3 Å². The van der Waals surface area contributed by atoms with Gasteiger partial charge < -0.3 is 9.73 Å². The van der Waals surface area contributed by atoms with Gasteiger partial charge in [0.1, 0.15) is 11.5 Å². The Hall–Kier alpha value is -1.06. The van der Waals surface area contributed by atoms with Crippen LogP contribution < -0.4 is 5.32 Å². The zero-order valence-electron chi connectivity index (χ0n) is 9.04. The predicted octanol–water partition coefficient (Wildman–Crippen LogP) is 3.43. The van der Waals surface area contributed by atoms with Crippen molar-refractivity contribution in [1.82, 2.24) is 5.32 Å². The first-order valence-corrected chi connectivity index (χ1v) is 6.03. The molecule has 0 aliphatic heterocycles. The van der Waals surface area contributed by atoms with E-state index in [0.717, 1.165) is 24.6 Å². The van der Waals surface area contributed by atoms with Crippen LogP contribution in [0.5, 0.6) is 0 Å². The molecule has 0 radical (unpaired) electrons. The monoisotopic (exact) mass is 221 g/mol. The maximum Gasteiger partial charge on any atom is 0.135 e. The molecule has 15 heavy (non-hydrogen) atoms. The van der Waals surface area contributed by atoms with Gasteiger partial charge in [-0.3, -0.25) is 0 Å². The second-order valence-electron chi connectivity index (χ2n) is 3.44. The fourth-order valence-corrected chi connectivity index (χ4v) is 2.21. The van der Waals surface area contributed by atoms with Gasteiger partial charge >= 0.3 is 0 Å². The van der Waals surface area contributed by atoms with Gasteiger partial charge in [0.15, 0.2) is 0 Å². The highest BCUT2D eigenvalue weighted by molar-refractivity contribution is 7.10. The molecule has 0 bridgehead atoms. The normalized spacial score (nSPS) is 10.8. The smallest absolute Gasteiger partial charge is 0.135 e. The highest BCUT2D eigenvalue weighted by Crippen LogP contribution is 2.28. The molecule has 0 saturated heterocycles. The third-order valence-electron chi connectivity index (χ3n) is 2.34. The Balaban J connectivity index is 2.17. The van der Waals surface area contributed by atoms with Gasteiger partial charge in [-0.15, -0.1) is 11.3 Å². The van der Waals surface area contributed by atoms with Crippen LogP contribution >= 0.6 is 11.3 Å². The van der Waals surface area contributed by atoms with E-state index in [1.807, 2.05) is 12.1 Å². The number of rotatable bonds is 4. The fourth-order valence-electron chi connectivity index (χ4n) is 1.51. The molecule has 0 amide bonds. The van der Waals surface area contributed by atoms with Crippen molar-refractivity contribution >= 4 is 11.3 Å². The molecule has 2 aromatic rings. The average molecular weight is 221 g/mol. The van der Waals surface area contributed by atoms with E-state index in [2.05, 4.69) is 30.6 Å². The zero-order valence-corrected chi connectivity index (χ0v) is 9.86. The molecule has 0 spiro atoms. The Morgan fingerprint density at radius 3 is 2.87 bits per heavy atom. The Morgan fingerprint density at radius 2 is 2.20 bits per heavy atom. The van der Waals surface area contributed by atoms with E-state index < -0.39 is 0 Å². The summed E-state index contributed by atoms with van der Waals surface area (Å²) in [6.45, 7) is 5.98. The summed E-state index contributed by atoms with van der Waals surface area (Å²) in [7, 11) is 0. The summed E-state index contributed by atoms with van der Waals surface area (Å²) in [6, 6.07) is 6.19. The molecule has 2 heterocycles. The van der Waals surface area contributed by atoms with E-state index in [9.17, 15) is 0 Å². The molecule has 80 valence electrons. The van der Waals surface area contributed by atoms with Gasteiger partial charge in [0.2, 0.25) is 0 Å². The molecular weight excluding hydrogens is 206 g/mol. The van der Waals surface area contributed by atoms with Crippen molar-refractivity contribution < 1.29 is 4.42 Å². The second-order valence-corrected chi connectivity index (χ2v) is 4.56. The summed E-state index contributed by atoms with van der Waals surface area (Å²) in [5, 5.41) is 5.34. The Kier molecular flexibility index (Phi) is 3.23. The summed E-state index contributed by atoms with van der Waals surface area (Å²) in [5.41, 5.74) is 1.21. The molecule has 0 aromatic carbocycles. The van der Waals surface area contributed by atoms with Crippen LogP contribution in [0.15, 0.2) is 28.0 Å². The van der Waals surface area contributed by atoms with Crippen molar-refractivity contribution in [2.24, 2.45) is 0 Å². The number of nitrogens with one attached hydrogen (secondary N) is 1. The third-order valence-corrected chi connectivity index (χ3v) is 3.18. The van der Waals surface area contributed by atoms with Crippen LogP contribution in [0.3, 0.4) is 0 Å². The van der Waals surface area contributed by atoms with Gasteiger partial charge in [-0.25, -0.2) is 0 Å². The molecule has 2 aromatic heterocycles. The molecule has 2 rings (SSSR count). The van der Waals surface area contributed by atoms with Gasteiger partial charge in [-0.05, 0) is 37.0 Å². The molecule has 0 atom stereocenters. The van der Waals surface area contributed by atoms with Gasteiger partial charge in [-0.1, -0.05) is 6.92 Å². The highest BCUT2D eigenvalue weighted by atomic mass is 32.1. The number of aryl methyl sites for hydroxylation is 1. The lowest BCUT2D eigenvalue weighted by Crippen LogP contribution is -2.10. The Bertz CT molecular complexity index is 430. The SMILES string of the molecule is CCNCc1ccc(-c2ccsc2C)o1. The minimum Gasteiger partial charge on any atom is -0.460 e. The van der Waals surface area contributed by atoms with E-state index in [0.29, 0.717) is 0 Å². The standard InChI is InChI=1S/C12H15NOS/c1-3-13-8-10-4-5-12(14-10)11-6-7-15-9(11)2/h4-7,13H,3,8H2,1-2H3. The molecule has 2 nitrogen and oxygen atoms in total. The van der Waals surface area contributed by atoms with Crippen LogP contribution in [-0.4, -0.2) is 6.54 Å². The zero-order chi connectivity index (χ0) is 10.7. The maximum absolute atomic E-state index is 5.76. The molecular formula is C12H15NOS. The predicted molar refractivity (Wildman–Crippen MR) is 64.1 cm³/mol. The number of hydrogen-bond acceptors (Lipinski definition) is 3. The largest absolute Gasteiger partial charge is 0.460 e. The van der Waals surface area contributed by atoms with Crippen LogP contribution in [0.2, 0.25) is 0 Å². The lowest BCUT2D eigenvalue weighted by molar-refractivity contribution is 0.498. The van der Waals surface area contributed by atoms with Crippen LogP contribution in [0.4, 0.5) is 0 Å². The summed E-state index contributed by atoms with van der Waals surface area (Å²) in [6.07, 6.45) is 0. The van der Waals surface area contributed by atoms with Crippen molar-refractivity contribution in [2.45, 2.75) is 20.4 Å². The topological polar surface area (TPSA) is 25.2 Å². The van der Waals surface area contributed by atoms with E-state index in [1.54, 1.807) is 11.3 Å². The van der Waals surface area contributed by atoms with Gasteiger partial charge in [0.25, 0.3) is 0 Å². The van der Waals surface area contributed by atoms with E-state index in [4.69, 9.17) is 4.42 Å². The van der Waals surface area contributed by atoms with Crippen molar-refractivity contribution in [1.29, 1.82) is 0 Å². The van der Waals surface area contributed by atoms with Crippen molar-refractivity contribution in [3.63, 3.8) is 0 Å². The second kappa shape index (κ2) is 4.64. The van der Waals surface area contributed by atoms with Gasteiger partial charge in [0.05, 0.1) is 6.54 Å². The molecule has 0 saturated carbocycles. The van der Waals surface area contributed by atoms with Crippen LogP contribution in [0, 0.1) is 6.92 Å². The highest BCUT2D eigenvalue weighted by Gasteiger charge is 2.07. The van der Waals surface area contributed by atoms with Crippen LogP contribution in [0.25, 0.3) is 11.3 Å². The average Bonchev–Trinajstić information content (AvgIpc) is 2.83. The molecule has 3 heteroatoms. The molecule has 0 aliphatic rings. The van der Waals surface area contributed by atoms with E-state index >= 15 is 0 Å². The van der Waals surface area contributed by atoms with E-state index in [-0.39, 0.29) is 0 Å². The number of thiophene rings is 1. The maximum atomic E-state index is 5.76. The third kappa shape index (κ3) is 2.30. The Labute approximate surface area is 93.9 Å². The number of hydrogen-bond donors (Lipinski definition) is 1. The summed E-state index contributed by atoms with van der Waals surface area (Å²) >= 11 is 1.75. The van der Waals surface area contributed by atoms with Crippen LogP contribution in [0.1, 0.15) is 17.6 Å². The summed E-state index contributed by atoms with van der Waals surface area (Å²) < 4.78 is 5.76.